The molecule has 0 saturated heterocycles. The van der Waals surface area contributed by atoms with E-state index in [1.54, 1.807) is 39.4 Å². The van der Waals surface area contributed by atoms with Gasteiger partial charge in [0.2, 0.25) is 15.9 Å². The van der Waals surface area contributed by atoms with Crippen molar-refractivity contribution in [3.8, 4) is 11.5 Å². The van der Waals surface area contributed by atoms with Crippen molar-refractivity contribution in [3.05, 3.63) is 59.7 Å². The van der Waals surface area contributed by atoms with E-state index in [4.69, 9.17) is 14.6 Å². The molecule has 9 nitrogen and oxygen atoms in total. The van der Waals surface area contributed by atoms with Crippen LogP contribution < -0.4 is 14.2 Å². The standard InChI is InChI=1S/C28H38N2O7S/c1-30(2)27(31)10-8-20-38(34,35)29-24-14-17-26(23(21-24)13-18-28(32)33)37-19-7-5-4-6-9-22-11-15-25(36-3)16-12-22/h6,9,11-12,14-17,21,29H,4-5,7-8,10,13,18-20H2,1-3H3,(H,32,33). The van der Waals surface area contributed by atoms with Gasteiger partial charge < -0.3 is 19.5 Å². The maximum Gasteiger partial charge on any atom is 0.303 e. The lowest BCUT2D eigenvalue weighted by Crippen LogP contribution is -2.23. The zero-order valence-electron chi connectivity index (χ0n) is 22.3. The number of anilines is 1. The summed E-state index contributed by atoms with van der Waals surface area (Å²) >= 11 is 0. The third-order valence-corrected chi connectivity index (χ3v) is 7.07. The van der Waals surface area contributed by atoms with Crippen LogP contribution in [-0.4, -0.2) is 63.9 Å². The van der Waals surface area contributed by atoms with E-state index in [9.17, 15) is 18.0 Å². The van der Waals surface area contributed by atoms with E-state index in [1.807, 2.05) is 24.3 Å². The van der Waals surface area contributed by atoms with Crippen LogP contribution in [0.4, 0.5) is 5.69 Å². The van der Waals surface area contributed by atoms with Crippen LogP contribution in [0.15, 0.2) is 48.5 Å². The number of hydrogen-bond donors (Lipinski definition) is 2. The molecule has 2 aromatic carbocycles. The molecular weight excluding hydrogens is 508 g/mol. The molecule has 0 bridgehead atoms. The van der Waals surface area contributed by atoms with Crippen LogP contribution in [0.25, 0.3) is 6.08 Å². The lowest BCUT2D eigenvalue weighted by molar-refractivity contribution is -0.137. The molecule has 1 amide bonds. The number of nitrogens with zero attached hydrogens (tertiary/aromatic N) is 1. The summed E-state index contributed by atoms with van der Waals surface area (Å²) in [6.07, 6.45) is 7.24. The average Bonchev–Trinajstić information content (AvgIpc) is 2.87. The molecule has 2 aromatic rings. The summed E-state index contributed by atoms with van der Waals surface area (Å²) in [6, 6.07) is 12.7. The molecule has 0 aliphatic rings. The molecule has 2 rings (SSSR count). The van der Waals surface area contributed by atoms with Gasteiger partial charge in [-0.1, -0.05) is 24.3 Å². The van der Waals surface area contributed by atoms with Gasteiger partial charge in [0.15, 0.2) is 0 Å². The topological polar surface area (TPSA) is 122 Å². The number of carboxylic acid groups (broad SMARTS) is 1. The van der Waals surface area contributed by atoms with Crippen molar-refractivity contribution in [2.45, 2.75) is 44.9 Å². The Morgan fingerprint density at radius 3 is 2.42 bits per heavy atom. The number of methoxy groups -OCH3 is 1. The largest absolute Gasteiger partial charge is 0.497 e. The first-order chi connectivity index (χ1) is 18.1. The van der Waals surface area contributed by atoms with E-state index in [1.165, 1.54) is 4.90 Å². The van der Waals surface area contributed by atoms with Crippen molar-refractivity contribution in [2.24, 2.45) is 0 Å². The minimum Gasteiger partial charge on any atom is -0.497 e. The smallest absolute Gasteiger partial charge is 0.303 e. The van der Waals surface area contributed by atoms with E-state index >= 15 is 0 Å². The van der Waals surface area contributed by atoms with Crippen molar-refractivity contribution >= 4 is 33.7 Å². The summed E-state index contributed by atoms with van der Waals surface area (Å²) in [5, 5.41) is 9.11. The van der Waals surface area contributed by atoms with Gasteiger partial charge in [-0.15, -0.1) is 0 Å². The first-order valence-electron chi connectivity index (χ1n) is 12.6. The number of aliphatic carboxylic acids is 1. The minimum atomic E-state index is -3.66. The second kappa shape index (κ2) is 15.7. The Balaban J connectivity index is 1.88. The van der Waals surface area contributed by atoms with Crippen LogP contribution in [0.3, 0.4) is 0 Å². The Morgan fingerprint density at radius 1 is 1.03 bits per heavy atom. The van der Waals surface area contributed by atoms with Gasteiger partial charge >= 0.3 is 5.97 Å². The fraction of sp³-hybridized carbons (Fsp3) is 0.429. The van der Waals surface area contributed by atoms with E-state index in [0.717, 1.165) is 30.6 Å². The van der Waals surface area contributed by atoms with Crippen molar-refractivity contribution < 1.29 is 32.6 Å². The maximum atomic E-state index is 12.5. The number of sulfonamides is 1. The molecule has 10 heteroatoms. The number of hydrogen-bond acceptors (Lipinski definition) is 6. The Labute approximate surface area is 225 Å². The molecule has 0 spiro atoms. The number of amides is 1. The summed E-state index contributed by atoms with van der Waals surface area (Å²) in [5.41, 5.74) is 2.05. The molecule has 2 N–H and O–H groups in total. The SMILES string of the molecule is COc1ccc(C=CCCCCOc2ccc(NS(=O)(=O)CCCC(=O)N(C)C)cc2CCC(=O)O)cc1. The highest BCUT2D eigenvalue weighted by Crippen LogP contribution is 2.26. The van der Waals surface area contributed by atoms with Gasteiger partial charge in [0.05, 0.1) is 19.5 Å². The Hall–Kier alpha value is -3.53. The molecule has 0 unspecified atom stereocenters. The number of ether oxygens (including phenoxy) is 2. The van der Waals surface area contributed by atoms with Gasteiger partial charge in [0.25, 0.3) is 0 Å². The summed E-state index contributed by atoms with van der Waals surface area (Å²) in [7, 11) is 1.22. The molecular formula is C28H38N2O7S. The third kappa shape index (κ3) is 11.7. The number of benzene rings is 2. The Morgan fingerprint density at radius 2 is 1.76 bits per heavy atom. The summed E-state index contributed by atoms with van der Waals surface area (Å²) in [5.74, 6) is 0.0877. The first kappa shape index (κ1) is 30.7. The molecule has 38 heavy (non-hydrogen) atoms. The van der Waals surface area contributed by atoms with Crippen LogP contribution in [0, 0.1) is 0 Å². The van der Waals surface area contributed by atoms with Crippen LogP contribution in [0.1, 0.15) is 49.7 Å². The summed E-state index contributed by atoms with van der Waals surface area (Å²) in [6.45, 7) is 0.460. The van der Waals surface area contributed by atoms with Crippen molar-refractivity contribution in [3.63, 3.8) is 0 Å². The molecule has 0 saturated carbocycles. The normalized spacial score (nSPS) is 11.3. The van der Waals surface area contributed by atoms with Crippen LogP contribution in [0.2, 0.25) is 0 Å². The molecule has 0 radical (unpaired) electrons. The number of nitrogens with one attached hydrogen (secondary N) is 1. The lowest BCUT2D eigenvalue weighted by Gasteiger charge is -2.14. The molecule has 0 heterocycles. The van der Waals surface area contributed by atoms with E-state index < -0.39 is 16.0 Å². The lowest BCUT2D eigenvalue weighted by atomic mass is 10.1. The Bertz CT molecular complexity index is 1180. The van der Waals surface area contributed by atoms with Crippen LogP contribution in [-0.2, 0) is 26.0 Å². The van der Waals surface area contributed by atoms with Crippen LogP contribution in [0.5, 0.6) is 11.5 Å². The van der Waals surface area contributed by atoms with Crippen molar-refractivity contribution in [2.75, 3.05) is 38.3 Å². The van der Waals surface area contributed by atoms with Gasteiger partial charge in [0.1, 0.15) is 11.5 Å². The fourth-order valence-electron chi connectivity index (χ4n) is 3.57. The maximum absolute atomic E-state index is 12.5. The van der Waals surface area contributed by atoms with Crippen LogP contribution >= 0.6 is 0 Å². The molecule has 0 atom stereocenters. The Kier molecular flexibility index (Phi) is 12.6. The predicted molar refractivity (Wildman–Crippen MR) is 149 cm³/mol. The third-order valence-electron chi connectivity index (χ3n) is 5.69. The summed E-state index contributed by atoms with van der Waals surface area (Å²) < 4.78 is 38.5. The fourth-order valence-corrected chi connectivity index (χ4v) is 4.68. The molecule has 208 valence electrons. The van der Waals surface area contributed by atoms with Crippen molar-refractivity contribution in [1.82, 2.24) is 4.90 Å². The van der Waals surface area contributed by atoms with Crippen molar-refractivity contribution in [1.29, 1.82) is 0 Å². The average molecular weight is 547 g/mol. The highest BCUT2D eigenvalue weighted by Gasteiger charge is 2.15. The second-order valence-corrected chi connectivity index (χ2v) is 10.9. The minimum absolute atomic E-state index is 0.102. The summed E-state index contributed by atoms with van der Waals surface area (Å²) in [4.78, 5) is 24.2. The van der Waals surface area contributed by atoms with Gasteiger partial charge in [-0.3, -0.25) is 14.3 Å². The number of aryl methyl sites for hydroxylation is 1. The van der Waals surface area contributed by atoms with Gasteiger partial charge in [0, 0.05) is 32.6 Å². The second-order valence-electron chi connectivity index (χ2n) is 9.05. The zero-order chi connectivity index (χ0) is 28.0. The molecule has 0 aliphatic heterocycles. The number of carbonyl (C=O) groups is 2. The number of carbonyl (C=O) groups excluding carboxylic acids is 1. The molecule has 0 aliphatic carbocycles. The predicted octanol–water partition coefficient (Wildman–Crippen LogP) is 4.59. The number of carboxylic acids is 1. The molecule has 0 fully saturated rings. The van der Waals surface area contributed by atoms with E-state index in [-0.39, 0.29) is 37.3 Å². The molecule has 0 aromatic heterocycles. The quantitative estimate of drug-likeness (QED) is 0.278. The highest BCUT2D eigenvalue weighted by atomic mass is 32.2. The van der Waals surface area contributed by atoms with Gasteiger partial charge in [-0.05, 0) is 73.6 Å². The monoisotopic (exact) mass is 546 g/mol. The van der Waals surface area contributed by atoms with Gasteiger partial charge in [-0.25, -0.2) is 8.42 Å². The number of unbranched alkanes of at least 4 members (excludes halogenated alkanes) is 2. The van der Waals surface area contributed by atoms with Gasteiger partial charge in [-0.2, -0.15) is 0 Å². The highest BCUT2D eigenvalue weighted by molar-refractivity contribution is 7.92. The van der Waals surface area contributed by atoms with E-state index in [2.05, 4.69) is 16.9 Å². The first-order valence-corrected chi connectivity index (χ1v) is 14.2. The number of rotatable bonds is 17. The zero-order valence-corrected chi connectivity index (χ0v) is 23.1. The number of allylic oxidation sites excluding steroid dienone is 1. The van der Waals surface area contributed by atoms with E-state index in [0.29, 0.717) is 23.6 Å².